The van der Waals surface area contributed by atoms with Crippen LogP contribution in [0.25, 0.3) is 11.0 Å². The van der Waals surface area contributed by atoms with Gasteiger partial charge in [-0.1, -0.05) is 6.07 Å². The van der Waals surface area contributed by atoms with E-state index in [-0.39, 0.29) is 11.5 Å². The van der Waals surface area contributed by atoms with Crippen LogP contribution in [0.15, 0.2) is 30.5 Å². The summed E-state index contributed by atoms with van der Waals surface area (Å²) in [5, 5.41) is 3.47. The van der Waals surface area contributed by atoms with Crippen molar-refractivity contribution in [2.45, 2.75) is 44.8 Å². The fourth-order valence-electron chi connectivity index (χ4n) is 4.17. The normalized spacial score (nSPS) is 18.4. The molecular weight excluding hydrogens is 403 g/mol. The van der Waals surface area contributed by atoms with Crippen molar-refractivity contribution in [2.24, 2.45) is 5.92 Å². The summed E-state index contributed by atoms with van der Waals surface area (Å²) in [5.74, 6) is -0.339. The Hall–Kier alpha value is -2.90. The summed E-state index contributed by atoms with van der Waals surface area (Å²) in [6.07, 6.45) is 3.59. The molecule has 31 heavy (non-hydrogen) atoms. The third-order valence-corrected chi connectivity index (χ3v) is 6.10. The largest absolute Gasteiger partial charge is 0.364 e. The number of aryl methyl sites for hydroxylation is 1. The first kappa shape index (κ1) is 20.0. The predicted molar refractivity (Wildman–Crippen MR) is 114 cm³/mol. The topological polar surface area (TPSA) is 53.9 Å². The van der Waals surface area contributed by atoms with Crippen molar-refractivity contribution < 1.29 is 13.2 Å². The number of benzene rings is 1. The van der Waals surface area contributed by atoms with Crippen LogP contribution < -0.4 is 10.2 Å². The van der Waals surface area contributed by atoms with Gasteiger partial charge in [0.05, 0.1) is 11.7 Å². The number of aromatic nitrogens is 3. The monoisotopic (exact) mass is 427 g/mol. The second-order valence-electron chi connectivity index (χ2n) is 8.52. The van der Waals surface area contributed by atoms with Crippen molar-refractivity contribution in [3.05, 3.63) is 53.4 Å². The lowest BCUT2D eigenvalue weighted by Crippen LogP contribution is -2.36. The number of alkyl halides is 1. The lowest BCUT2D eigenvalue weighted by molar-refractivity contribution is 0.193. The quantitative estimate of drug-likeness (QED) is 0.613. The van der Waals surface area contributed by atoms with Gasteiger partial charge in [-0.25, -0.2) is 23.1 Å². The van der Waals surface area contributed by atoms with Crippen LogP contribution in [0, 0.1) is 24.5 Å². The van der Waals surface area contributed by atoms with E-state index in [4.69, 9.17) is 9.97 Å². The van der Waals surface area contributed by atoms with E-state index in [0.29, 0.717) is 32.0 Å². The van der Waals surface area contributed by atoms with Crippen LogP contribution in [-0.4, -0.2) is 34.1 Å². The molecule has 0 bridgehead atoms. The number of hydrogen-bond acceptors (Lipinski definition) is 5. The standard InChI is InChI=1S/C23H24F3N5/c1-13-10-19-20(12-27-13)30-23(22(29-19)28-16-3-4-16)31-8-6-14(7-9-31)21(26)17-5-2-15(24)11-18(17)25/h2,5,10-12,14,16,21H,3-4,6-9H2,1H3,(H,28,29)/t21-/m0/s1. The van der Waals surface area contributed by atoms with Crippen LogP contribution >= 0.6 is 0 Å². The Morgan fingerprint density at radius 1 is 1.03 bits per heavy atom. The van der Waals surface area contributed by atoms with E-state index in [0.717, 1.165) is 53.3 Å². The van der Waals surface area contributed by atoms with Gasteiger partial charge in [-0.2, -0.15) is 0 Å². The van der Waals surface area contributed by atoms with Gasteiger partial charge in [0, 0.05) is 36.5 Å². The molecule has 2 fully saturated rings. The highest BCUT2D eigenvalue weighted by Crippen LogP contribution is 2.38. The van der Waals surface area contributed by atoms with Crippen molar-refractivity contribution in [1.29, 1.82) is 0 Å². The summed E-state index contributed by atoms with van der Waals surface area (Å²) in [5.41, 5.74) is 2.34. The van der Waals surface area contributed by atoms with Crippen LogP contribution in [0.2, 0.25) is 0 Å². The zero-order chi connectivity index (χ0) is 21.5. The molecule has 1 aliphatic heterocycles. The fraction of sp³-hybridized carbons (Fsp3) is 0.435. The first-order valence-corrected chi connectivity index (χ1v) is 10.7. The number of nitrogens with one attached hydrogen (secondary N) is 1. The van der Waals surface area contributed by atoms with Crippen LogP contribution in [0.4, 0.5) is 24.8 Å². The average Bonchev–Trinajstić information content (AvgIpc) is 3.57. The van der Waals surface area contributed by atoms with E-state index in [1.165, 1.54) is 6.07 Å². The molecule has 1 atom stereocenters. The summed E-state index contributed by atoms with van der Waals surface area (Å²) in [6.45, 7) is 3.10. The summed E-state index contributed by atoms with van der Waals surface area (Å²) in [7, 11) is 0. The van der Waals surface area contributed by atoms with Crippen molar-refractivity contribution in [3.63, 3.8) is 0 Å². The predicted octanol–water partition coefficient (Wildman–Crippen LogP) is 5.11. The maximum Gasteiger partial charge on any atom is 0.172 e. The zero-order valence-corrected chi connectivity index (χ0v) is 17.3. The number of rotatable bonds is 5. The van der Waals surface area contributed by atoms with Gasteiger partial charge in [-0.3, -0.25) is 4.98 Å². The first-order chi connectivity index (χ1) is 15.0. The van der Waals surface area contributed by atoms with Gasteiger partial charge in [-0.05, 0) is 50.7 Å². The van der Waals surface area contributed by atoms with Gasteiger partial charge < -0.3 is 10.2 Å². The smallest absolute Gasteiger partial charge is 0.172 e. The van der Waals surface area contributed by atoms with E-state index in [1.807, 2.05) is 13.0 Å². The van der Waals surface area contributed by atoms with Gasteiger partial charge in [-0.15, -0.1) is 0 Å². The second kappa shape index (κ2) is 7.98. The molecule has 2 aromatic heterocycles. The van der Waals surface area contributed by atoms with E-state index >= 15 is 4.39 Å². The number of piperidine rings is 1. The first-order valence-electron chi connectivity index (χ1n) is 10.7. The zero-order valence-electron chi connectivity index (χ0n) is 17.3. The maximum atomic E-state index is 15.0. The van der Waals surface area contributed by atoms with Crippen LogP contribution in [0.1, 0.15) is 43.1 Å². The van der Waals surface area contributed by atoms with Crippen LogP contribution in [0.5, 0.6) is 0 Å². The van der Waals surface area contributed by atoms with E-state index in [9.17, 15) is 8.78 Å². The molecule has 3 aromatic rings. The Morgan fingerprint density at radius 3 is 2.52 bits per heavy atom. The molecule has 162 valence electrons. The number of fused-ring (bicyclic) bond motifs is 1. The minimum Gasteiger partial charge on any atom is -0.364 e. The Bertz CT molecular complexity index is 1110. The van der Waals surface area contributed by atoms with E-state index in [2.05, 4.69) is 15.2 Å². The molecule has 3 heterocycles. The van der Waals surface area contributed by atoms with Gasteiger partial charge in [0.15, 0.2) is 11.6 Å². The number of hydrogen-bond donors (Lipinski definition) is 1. The van der Waals surface area contributed by atoms with Crippen molar-refractivity contribution in [3.8, 4) is 0 Å². The molecule has 1 saturated heterocycles. The lowest BCUT2D eigenvalue weighted by atomic mass is 9.88. The number of nitrogens with zero attached hydrogens (tertiary/aromatic N) is 4. The number of halogens is 3. The van der Waals surface area contributed by atoms with E-state index < -0.39 is 17.8 Å². The summed E-state index contributed by atoms with van der Waals surface area (Å²) in [6, 6.07) is 5.40. The number of anilines is 2. The van der Waals surface area contributed by atoms with E-state index in [1.54, 1.807) is 6.20 Å². The molecule has 1 saturated carbocycles. The molecule has 0 amide bonds. The third-order valence-electron chi connectivity index (χ3n) is 6.10. The average molecular weight is 427 g/mol. The molecule has 0 radical (unpaired) electrons. The van der Waals surface area contributed by atoms with Gasteiger partial charge in [0.2, 0.25) is 0 Å². The fourth-order valence-corrected chi connectivity index (χ4v) is 4.17. The van der Waals surface area contributed by atoms with Crippen molar-refractivity contribution in [2.75, 3.05) is 23.3 Å². The molecule has 2 aliphatic rings. The van der Waals surface area contributed by atoms with Crippen LogP contribution in [0.3, 0.4) is 0 Å². The summed E-state index contributed by atoms with van der Waals surface area (Å²) >= 11 is 0. The Kier molecular flexibility index (Phi) is 5.16. The van der Waals surface area contributed by atoms with Crippen LogP contribution in [-0.2, 0) is 0 Å². The second-order valence-corrected chi connectivity index (χ2v) is 8.52. The molecule has 8 heteroatoms. The molecule has 5 nitrogen and oxygen atoms in total. The third kappa shape index (κ3) is 4.16. The Labute approximate surface area is 178 Å². The molecule has 0 spiro atoms. The Balaban J connectivity index is 1.36. The lowest BCUT2D eigenvalue weighted by Gasteiger charge is -2.35. The van der Waals surface area contributed by atoms with Crippen molar-refractivity contribution in [1.82, 2.24) is 15.0 Å². The molecule has 5 rings (SSSR count). The minimum absolute atomic E-state index is 0.0668. The van der Waals surface area contributed by atoms with Gasteiger partial charge in [0.25, 0.3) is 0 Å². The molecule has 1 N–H and O–H groups in total. The highest BCUT2D eigenvalue weighted by molar-refractivity contribution is 5.80. The van der Waals surface area contributed by atoms with Crippen molar-refractivity contribution >= 4 is 22.7 Å². The minimum atomic E-state index is -1.46. The molecule has 1 aromatic carbocycles. The molecule has 0 unspecified atom stereocenters. The maximum absolute atomic E-state index is 15.0. The van der Waals surface area contributed by atoms with Gasteiger partial charge in [0.1, 0.15) is 23.3 Å². The summed E-state index contributed by atoms with van der Waals surface area (Å²) in [4.78, 5) is 16.1. The molecular formula is C23H24F3N5. The summed E-state index contributed by atoms with van der Waals surface area (Å²) < 4.78 is 42.2. The molecule has 1 aliphatic carbocycles. The Morgan fingerprint density at radius 2 is 1.81 bits per heavy atom. The highest BCUT2D eigenvalue weighted by Gasteiger charge is 2.32. The SMILES string of the molecule is Cc1cc2nc(NC3CC3)c(N3CCC([C@H](F)c4ccc(F)cc4F)CC3)nc2cn1. The van der Waals surface area contributed by atoms with Gasteiger partial charge >= 0.3 is 0 Å². The highest BCUT2D eigenvalue weighted by atomic mass is 19.1. The number of pyridine rings is 1.